The van der Waals surface area contributed by atoms with Crippen molar-refractivity contribution in [2.24, 2.45) is 5.73 Å². The highest BCUT2D eigenvalue weighted by molar-refractivity contribution is 6.04. The molecule has 1 aromatic carbocycles. The maximum Gasteiger partial charge on any atom is 0.255 e. The maximum absolute atomic E-state index is 12.2. The van der Waals surface area contributed by atoms with Gasteiger partial charge in [0, 0.05) is 42.2 Å². The summed E-state index contributed by atoms with van der Waals surface area (Å²) in [6.45, 7) is 0.286. The third-order valence-corrected chi connectivity index (χ3v) is 2.90. The Labute approximate surface area is 122 Å². The van der Waals surface area contributed by atoms with E-state index in [0.717, 1.165) is 0 Å². The van der Waals surface area contributed by atoms with Crippen LogP contribution in [0.2, 0.25) is 0 Å². The Morgan fingerprint density at radius 3 is 2.43 bits per heavy atom. The predicted octanol–water partition coefficient (Wildman–Crippen LogP) is 1.81. The first-order valence-electron chi connectivity index (χ1n) is 6.35. The lowest BCUT2D eigenvalue weighted by atomic mass is 10.2. The SMILES string of the molecule is COc1cc(NC(=O)c2ccnc(CN)c2)cc(OC)c1. The number of nitrogens with one attached hydrogen (secondary N) is 1. The highest BCUT2D eigenvalue weighted by atomic mass is 16.5. The van der Waals surface area contributed by atoms with E-state index in [1.807, 2.05) is 0 Å². The van der Waals surface area contributed by atoms with E-state index in [4.69, 9.17) is 15.2 Å². The number of hydrogen-bond donors (Lipinski definition) is 2. The van der Waals surface area contributed by atoms with Crippen molar-refractivity contribution < 1.29 is 14.3 Å². The molecule has 0 aliphatic rings. The highest BCUT2D eigenvalue weighted by Gasteiger charge is 2.09. The molecule has 6 nitrogen and oxygen atoms in total. The minimum Gasteiger partial charge on any atom is -0.497 e. The van der Waals surface area contributed by atoms with Gasteiger partial charge in [0.25, 0.3) is 5.91 Å². The van der Waals surface area contributed by atoms with Crippen LogP contribution in [0.1, 0.15) is 16.1 Å². The van der Waals surface area contributed by atoms with E-state index in [0.29, 0.717) is 28.4 Å². The fourth-order valence-electron chi connectivity index (χ4n) is 1.81. The second-order valence-corrected chi connectivity index (χ2v) is 4.30. The number of nitrogens with two attached hydrogens (primary N) is 1. The number of amides is 1. The smallest absolute Gasteiger partial charge is 0.255 e. The van der Waals surface area contributed by atoms with E-state index in [2.05, 4.69) is 10.3 Å². The fraction of sp³-hybridized carbons (Fsp3) is 0.200. The standard InChI is InChI=1S/C15H17N3O3/c1-20-13-6-11(7-14(8-13)21-2)18-15(19)10-3-4-17-12(5-10)9-16/h3-8H,9,16H2,1-2H3,(H,18,19). The van der Waals surface area contributed by atoms with Crippen molar-refractivity contribution in [1.82, 2.24) is 4.98 Å². The van der Waals surface area contributed by atoms with Crippen molar-refractivity contribution in [3.63, 3.8) is 0 Å². The summed E-state index contributed by atoms with van der Waals surface area (Å²) in [5, 5.41) is 2.79. The van der Waals surface area contributed by atoms with Gasteiger partial charge in [-0.3, -0.25) is 9.78 Å². The van der Waals surface area contributed by atoms with Gasteiger partial charge >= 0.3 is 0 Å². The van der Waals surface area contributed by atoms with Crippen molar-refractivity contribution >= 4 is 11.6 Å². The summed E-state index contributed by atoms with van der Waals surface area (Å²) in [6.07, 6.45) is 1.56. The second kappa shape index (κ2) is 6.71. The van der Waals surface area contributed by atoms with Crippen molar-refractivity contribution in [3.05, 3.63) is 47.8 Å². The molecule has 0 fully saturated rings. The Morgan fingerprint density at radius 1 is 1.19 bits per heavy atom. The molecular weight excluding hydrogens is 270 g/mol. The molecule has 110 valence electrons. The van der Waals surface area contributed by atoms with Crippen LogP contribution in [0.5, 0.6) is 11.5 Å². The first-order chi connectivity index (χ1) is 10.2. The third kappa shape index (κ3) is 3.70. The van der Waals surface area contributed by atoms with Gasteiger partial charge in [-0.05, 0) is 12.1 Å². The lowest BCUT2D eigenvalue weighted by Crippen LogP contribution is -2.13. The lowest BCUT2D eigenvalue weighted by Gasteiger charge is -2.10. The number of methoxy groups -OCH3 is 2. The number of nitrogens with zero attached hydrogens (tertiary/aromatic N) is 1. The number of rotatable bonds is 5. The van der Waals surface area contributed by atoms with Gasteiger partial charge in [-0.1, -0.05) is 0 Å². The summed E-state index contributed by atoms with van der Waals surface area (Å²) in [5.74, 6) is 0.950. The summed E-state index contributed by atoms with van der Waals surface area (Å²) >= 11 is 0. The quantitative estimate of drug-likeness (QED) is 0.875. The van der Waals surface area contributed by atoms with Gasteiger partial charge in [0.15, 0.2) is 0 Å². The molecule has 0 aliphatic heterocycles. The Kier molecular flexibility index (Phi) is 4.73. The van der Waals surface area contributed by atoms with Crippen LogP contribution in [0.15, 0.2) is 36.5 Å². The normalized spacial score (nSPS) is 10.0. The molecule has 0 atom stereocenters. The van der Waals surface area contributed by atoms with Crippen LogP contribution >= 0.6 is 0 Å². The van der Waals surface area contributed by atoms with E-state index in [-0.39, 0.29) is 12.5 Å². The maximum atomic E-state index is 12.2. The van der Waals surface area contributed by atoms with E-state index in [1.165, 1.54) is 0 Å². The molecule has 0 bridgehead atoms. The van der Waals surface area contributed by atoms with Crippen molar-refractivity contribution in [2.45, 2.75) is 6.54 Å². The van der Waals surface area contributed by atoms with Crippen LogP contribution in [-0.2, 0) is 6.54 Å². The number of aromatic nitrogens is 1. The van der Waals surface area contributed by atoms with Crippen LogP contribution in [0.25, 0.3) is 0 Å². The Hall–Kier alpha value is -2.60. The van der Waals surface area contributed by atoms with Crippen LogP contribution in [0, 0.1) is 0 Å². The molecule has 0 radical (unpaired) electrons. The van der Waals surface area contributed by atoms with Crippen LogP contribution in [0.3, 0.4) is 0 Å². The Morgan fingerprint density at radius 2 is 1.86 bits per heavy atom. The molecule has 0 saturated heterocycles. The zero-order valence-corrected chi connectivity index (χ0v) is 11.9. The monoisotopic (exact) mass is 287 g/mol. The van der Waals surface area contributed by atoms with Crippen molar-refractivity contribution in [1.29, 1.82) is 0 Å². The Balaban J connectivity index is 2.22. The number of carbonyl (C=O) groups is 1. The number of ether oxygens (including phenoxy) is 2. The molecule has 6 heteroatoms. The first kappa shape index (κ1) is 14.8. The highest BCUT2D eigenvalue weighted by Crippen LogP contribution is 2.26. The molecule has 0 saturated carbocycles. The summed E-state index contributed by atoms with van der Waals surface area (Å²) < 4.78 is 10.3. The molecular formula is C15H17N3O3. The molecule has 2 rings (SSSR count). The topological polar surface area (TPSA) is 86.5 Å². The molecule has 0 aliphatic carbocycles. The van der Waals surface area contributed by atoms with E-state index in [9.17, 15) is 4.79 Å². The summed E-state index contributed by atoms with van der Waals surface area (Å²) in [6, 6.07) is 8.45. The van der Waals surface area contributed by atoms with Gasteiger partial charge in [-0.25, -0.2) is 0 Å². The molecule has 0 spiro atoms. The first-order valence-corrected chi connectivity index (χ1v) is 6.35. The largest absolute Gasteiger partial charge is 0.497 e. The molecule has 21 heavy (non-hydrogen) atoms. The number of pyridine rings is 1. The summed E-state index contributed by atoms with van der Waals surface area (Å²) in [7, 11) is 3.10. The second-order valence-electron chi connectivity index (χ2n) is 4.30. The van der Waals surface area contributed by atoms with Crippen molar-refractivity contribution in [2.75, 3.05) is 19.5 Å². The van der Waals surface area contributed by atoms with Crippen LogP contribution in [0.4, 0.5) is 5.69 Å². The average Bonchev–Trinajstić information content (AvgIpc) is 2.54. The number of hydrogen-bond acceptors (Lipinski definition) is 5. The summed E-state index contributed by atoms with van der Waals surface area (Å²) in [4.78, 5) is 16.3. The van der Waals surface area contributed by atoms with Gasteiger partial charge in [0.2, 0.25) is 0 Å². The van der Waals surface area contributed by atoms with Gasteiger partial charge in [-0.15, -0.1) is 0 Å². The van der Waals surface area contributed by atoms with Gasteiger partial charge in [0.1, 0.15) is 11.5 Å². The molecule has 3 N–H and O–H groups in total. The van der Waals surface area contributed by atoms with Gasteiger partial charge in [0.05, 0.1) is 19.9 Å². The van der Waals surface area contributed by atoms with E-state index in [1.54, 1.807) is 50.7 Å². The molecule has 1 heterocycles. The summed E-state index contributed by atoms with van der Waals surface area (Å²) in [5.41, 5.74) is 7.26. The van der Waals surface area contributed by atoms with E-state index >= 15 is 0 Å². The zero-order valence-electron chi connectivity index (χ0n) is 11.9. The van der Waals surface area contributed by atoms with Crippen molar-refractivity contribution in [3.8, 4) is 11.5 Å². The zero-order chi connectivity index (χ0) is 15.2. The molecule has 1 amide bonds. The van der Waals surface area contributed by atoms with Crippen LogP contribution in [-0.4, -0.2) is 25.1 Å². The van der Waals surface area contributed by atoms with Crippen LogP contribution < -0.4 is 20.5 Å². The number of benzene rings is 1. The molecule has 1 aromatic heterocycles. The molecule has 2 aromatic rings. The average molecular weight is 287 g/mol. The fourth-order valence-corrected chi connectivity index (χ4v) is 1.81. The number of anilines is 1. The lowest BCUT2D eigenvalue weighted by molar-refractivity contribution is 0.102. The minimum absolute atomic E-state index is 0.248. The minimum atomic E-state index is -0.248. The van der Waals surface area contributed by atoms with Gasteiger partial charge < -0.3 is 20.5 Å². The molecule has 0 unspecified atom stereocenters. The predicted molar refractivity (Wildman–Crippen MR) is 79.6 cm³/mol. The number of carbonyl (C=O) groups excluding carboxylic acids is 1. The van der Waals surface area contributed by atoms with Gasteiger partial charge in [-0.2, -0.15) is 0 Å². The Bertz CT molecular complexity index is 622. The third-order valence-electron chi connectivity index (χ3n) is 2.90. The van der Waals surface area contributed by atoms with E-state index < -0.39 is 0 Å².